The summed E-state index contributed by atoms with van der Waals surface area (Å²) in [5, 5.41) is 9.88. The van der Waals surface area contributed by atoms with Gasteiger partial charge in [0.2, 0.25) is 0 Å². The average molecular weight is 380 g/mol. The molecule has 3 rings (SSSR count). The summed E-state index contributed by atoms with van der Waals surface area (Å²) in [7, 11) is 1.57. The number of anilines is 2. The van der Waals surface area contributed by atoms with Gasteiger partial charge in [-0.25, -0.2) is 14.2 Å². The van der Waals surface area contributed by atoms with Crippen LogP contribution in [-0.2, 0) is 6.54 Å². The third kappa shape index (κ3) is 3.99. The van der Waals surface area contributed by atoms with Crippen LogP contribution in [-0.4, -0.2) is 42.6 Å². The van der Waals surface area contributed by atoms with Crippen molar-refractivity contribution in [2.24, 2.45) is 0 Å². The van der Waals surface area contributed by atoms with Gasteiger partial charge in [-0.2, -0.15) is 0 Å². The third-order valence-electron chi connectivity index (χ3n) is 4.30. The highest BCUT2D eigenvalue weighted by Gasteiger charge is 2.25. The number of hydrogen-bond acceptors (Lipinski definition) is 4. The molecule has 0 spiro atoms. The molecule has 1 aromatic heterocycles. The number of amides is 1. The lowest BCUT2D eigenvalue weighted by molar-refractivity contribution is 0.201. The first-order valence-electron chi connectivity index (χ1n) is 8.16. The summed E-state index contributed by atoms with van der Waals surface area (Å²) in [4.78, 5) is 19.0. The van der Waals surface area contributed by atoms with Crippen molar-refractivity contribution in [1.29, 1.82) is 0 Å². The van der Waals surface area contributed by atoms with Crippen LogP contribution in [0.4, 0.5) is 20.7 Å². The second-order valence-corrected chi connectivity index (χ2v) is 6.45. The van der Waals surface area contributed by atoms with E-state index < -0.39 is 12.3 Å². The number of aromatic nitrogens is 1. The van der Waals surface area contributed by atoms with Gasteiger partial charge in [-0.3, -0.25) is 4.90 Å². The minimum Gasteiger partial charge on any atom is -0.497 e. The number of nitrogens with zero attached hydrogens (tertiary/aromatic N) is 3. The molecule has 0 bridgehead atoms. The normalized spacial score (nSPS) is 16.6. The van der Waals surface area contributed by atoms with Gasteiger partial charge in [-0.15, -0.1) is 0 Å². The molecule has 1 aliphatic rings. The predicted molar refractivity (Wildman–Crippen MR) is 98.2 cm³/mol. The Kier molecular flexibility index (Phi) is 5.46. The highest BCUT2D eigenvalue weighted by atomic mass is 35.5. The van der Waals surface area contributed by atoms with Crippen molar-refractivity contribution < 1.29 is 19.0 Å². The van der Waals surface area contributed by atoms with Crippen LogP contribution in [0, 0.1) is 0 Å². The average Bonchev–Trinajstić information content (AvgIpc) is 3.07. The molecule has 1 N–H and O–H groups in total. The molecule has 138 valence electrons. The molecule has 1 fully saturated rings. The lowest BCUT2D eigenvalue weighted by Crippen LogP contribution is -2.29. The second kappa shape index (κ2) is 7.78. The number of alkyl halides is 1. The third-order valence-corrected chi connectivity index (χ3v) is 4.59. The first-order valence-corrected chi connectivity index (χ1v) is 8.53. The van der Waals surface area contributed by atoms with Crippen molar-refractivity contribution >= 4 is 29.2 Å². The van der Waals surface area contributed by atoms with Gasteiger partial charge in [0, 0.05) is 12.6 Å². The molecule has 6 nitrogen and oxygen atoms in total. The molecule has 2 heterocycles. The van der Waals surface area contributed by atoms with Crippen LogP contribution in [0.5, 0.6) is 5.75 Å². The molecular weight excluding hydrogens is 361 g/mol. The molecule has 1 saturated heterocycles. The standard InChI is InChI=1S/C18H19ClFN3O3/c1-26-14-4-2-12(3-5-14)10-23(18(24)25)16-8-17(21-9-15(16)19)22-7-6-13(20)11-22/h2-5,8-9,13H,6-7,10-11H2,1H3,(H,24,25). The molecule has 1 unspecified atom stereocenters. The van der Waals surface area contributed by atoms with Gasteiger partial charge in [-0.05, 0) is 24.1 Å². The maximum atomic E-state index is 13.5. The molecule has 1 atom stereocenters. The summed E-state index contributed by atoms with van der Waals surface area (Å²) >= 11 is 6.20. The molecule has 1 amide bonds. The van der Waals surface area contributed by atoms with Gasteiger partial charge >= 0.3 is 6.09 Å². The molecule has 1 aliphatic heterocycles. The zero-order chi connectivity index (χ0) is 18.7. The Hall–Kier alpha value is -2.54. The summed E-state index contributed by atoms with van der Waals surface area (Å²) < 4.78 is 18.6. The van der Waals surface area contributed by atoms with Crippen LogP contribution in [0.15, 0.2) is 36.5 Å². The lowest BCUT2D eigenvalue weighted by Gasteiger charge is -2.23. The van der Waals surface area contributed by atoms with Crippen molar-refractivity contribution in [3.63, 3.8) is 0 Å². The van der Waals surface area contributed by atoms with Crippen molar-refractivity contribution in [1.82, 2.24) is 4.98 Å². The Bertz CT molecular complexity index is 788. The highest BCUT2D eigenvalue weighted by molar-refractivity contribution is 6.33. The van der Waals surface area contributed by atoms with E-state index in [1.807, 2.05) is 0 Å². The Morgan fingerprint density at radius 1 is 1.46 bits per heavy atom. The van der Waals surface area contributed by atoms with E-state index in [1.54, 1.807) is 42.3 Å². The van der Waals surface area contributed by atoms with E-state index in [1.165, 1.54) is 6.20 Å². The fourth-order valence-corrected chi connectivity index (χ4v) is 3.10. The number of methoxy groups -OCH3 is 1. The number of carboxylic acid groups (broad SMARTS) is 1. The molecule has 0 saturated carbocycles. The SMILES string of the molecule is COc1ccc(CN(C(=O)O)c2cc(N3CCC(F)C3)ncc2Cl)cc1. The molecule has 26 heavy (non-hydrogen) atoms. The topological polar surface area (TPSA) is 65.9 Å². The van der Waals surface area contributed by atoms with Gasteiger partial charge in [0.15, 0.2) is 0 Å². The minimum atomic E-state index is -1.13. The molecule has 1 aromatic carbocycles. The van der Waals surface area contributed by atoms with Gasteiger partial charge < -0.3 is 14.7 Å². The van der Waals surface area contributed by atoms with Crippen LogP contribution >= 0.6 is 11.6 Å². The summed E-state index contributed by atoms with van der Waals surface area (Å²) in [6.45, 7) is 0.911. The number of halogens is 2. The Labute approximate surface area is 155 Å². The molecule has 0 aliphatic carbocycles. The number of pyridine rings is 1. The quantitative estimate of drug-likeness (QED) is 0.851. The number of hydrogen-bond donors (Lipinski definition) is 1. The first kappa shape index (κ1) is 18.3. The maximum absolute atomic E-state index is 13.5. The van der Waals surface area contributed by atoms with Crippen molar-refractivity contribution in [2.45, 2.75) is 19.1 Å². The van der Waals surface area contributed by atoms with E-state index in [-0.39, 0.29) is 18.1 Å². The minimum absolute atomic E-state index is 0.119. The second-order valence-electron chi connectivity index (χ2n) is 6.04. The number of carbonyl (C=O) groups is 1. The first-order chi connectivity index (χ1) is 12.5. The fourth-order valence-electron chi connectivity index (χ4n) is 2.89. The molecule has 0 radical (unpaired) electrons. The van der Waals surface area contributed by atoms with E-state index in [2.05, 4.69) is 4.98 Å². The Morgan fingerprint density at radius 3 is 2.77 bits per heavy atom. The van der Waals surface area contributed by atoms with Crippen LogP contribution in [0.1, 0.15) is 12.0 Å². The predicted octanol–water partition coefficient (Wildman–Crippen LogP) is 3.98. The van der Waals surface area contributed by atoms with E-state index in [9.17, 15) is 14.3 Å². The number of ether oxygens (including phenoxy) is 1. The van der Waals surface area contributed by atoms with E-state index >= 15 is 0 Å². The smallest absolute Gasteiger partial charge is 0.412 e. The van der Waals surface area contributed by atoms with Gasteiger partial charge in [0.1, 0.15) is 17.7 Å². The van der Waals surface area contributed by atoms with E-state index in [0.29, 0.717) is 30.2 Å². The zero-order valence-corrected chi connectivity index (χ0v) is 15.0. The molecule has 8 heteroatoms. The van der Waals surface area contributed by atoms with Crippen LogP contribution in [0.2, 0.25) is 5.02 Å². The summed E-state index contributed by atoms with van der Waals surface area (Å²) in [6, 6.07) is 8.71. The summed E-state index contributed by atoms with van der Waals surface area (Å²) in [6.07, 6.45) is -0.189. The monoisotopic (exact) mass is 379 g/mol. The number of rotatable bonds is 5. The largest absolute Gasteiger partial charge is 0.497 e. The Balaban J connectivity index is 1.87. The summed E-state index contributed by atoms with van der Waals surface area (Å²) in [5.41, 5.74) is 1.11. The van der Waals surface area contributed by atoms with E-state index in [4.69, 9.17) is 16.3 Å². The van der Waals surface area contributed by atoms with Gasteiger partial charge in [0.05, 0.1) is 37.1 Å². The highest BCUT2D eigenvalue weighted by Crippen LogP contribution is 2.31. The van der Waals surface area contributed by atoms with Crippen LogP contribution in [0.25, 0.3) is 0 Å². The van der Waals surface area contributed by atoms with Crippen molar-refractivity contribution in [3.05, 3.63) is 47.1 Å². The van der Waals surface area contributed by atoms with Crippen LogP contribution in [0.3, 0.4) is 0 Å². The van der Waals surface area contributed by atoms with Gasteiger partial charge in [0.25, 0.3) is 0 Å². The number of benzene rings is 1. The van der Waals surface area contributed by atoms with E-state index in [0.717, 1.165) is 10.5 Å². The summed E-state index contributed by atoms with van der Waals surface area (Å²) in [5.74, 6) is 1.21. The zero-order valence-electron chi connectivity index (χ0n) is 14.2. The molecule has 2 aromatic rings. The van der Waals surface area contributed by atoms with Crippen molar-refractivity contribution in [2.75, 3.05) is 30.0 Å². The molecular formula is C18H19ClFN3O3. The fraction of sp³-hybridized carbons (Fsp3) is 0.333. The maximum Gasteiger partial charge on any atom is 0.412 e. The lowest BCUT2D eigenvalue weighted by atomic mass is 10.2. The van der Waals surface area contributed by atoms with Crippen molar-refractivity contribution in [3.8, 4) is 5.75 Å². The van der Waals surface area contributed by atoms with Crippen LogP contribution < -0.4 is 14.5 Å². The Morgan fingerprint density at radius 2 is 2.19 bits per heavy atom. The van der Waals surface area contributed by atoms with Gasteiger partial charge in [-0.1, -0.05) is 23.7 Å².